The lowest BCUT2D eigenvalue weighted by Gasteiger charge is -2.13. The van der Waals surface area contributed by atoms with Crippen LogP contribution in [0.2, 0.25) is 0 Å². The first-order valence-electron chi connectivity index (χ1n) is 9.65. The van der Waals surface area contributed by atoms with E-state index in [-0.39, 0.29) is 35.4 Å². The molecule has 3 rings (SSSR count). The summed E-state index contributed by atoms with van der Waals surface area (Å²) in [7, 11) is 0. The molecule has 0 aliphatic carbocycles. The number of hydrogen-bond acceptors (Lipinski definition) is 7. The number of anilines is 2. The van der Waals surface area contributed by atoms with Crippen LogP contribution >= 0.6 is 0 Å². The Labute approximate surface area is 185 Å². The average molecular weight is 456 g/mol. The third-order valence-electron chi connectivity index (χ3n) is 4.60. The minimum atomic E-state index is -1.35. The fraction of sp³-hybridized carbons (Fsp3) is 0.200. The second-order valence-corrected chi connectivity index (χ2v) is 7.11. The maximum absolute atomic E-state index is 12.3. The number of aromatic nitrogens is 3. The van der Waals surface area contributed by atoms with E-state index in [1.54, 1.807) is 0 Å². The zero-order valence-corrected chi connectivity index (χ0v) is 17.0. The van der Waals surface area contributed by atoms with Crippen LogP contribution in [0.1, 0.15) is 28.9 Å². The summed E-state index contributed by atoms with van der Waals surface area (Å²) in [5.41, 5.74) is 6.29. The average Bonchev–Trinajstić information content (AvgIpc) is 3.13. The van der Waals surface area contributed by atoms with Crippen LogP contribution in [-0.4, -0.2) is 55.0 Å². The van der Waals surface area contributed by atoms with E-state index in [1.807, 2.05) is 0 Å². The molecule has 0 fully saturated rings. The van der Waals surface area contributed by atoms with Gasteiger partial charge in [-0.2, -0.15) is 4.98 Å². The number of carbonyl (C=O) groups excluding carboxylic acids is 2. The van der Waals surface area contributed by atoms with Gasteiger partial charge in [-0.3, -0.25) is 24.2 Å². The Bertz CT molecular complexity index is 1280. The molecule has 0 saturated heterocycles. The van der Waals surface area contributed by atoms with E-state index in [2.05, 4.69) is 25.6 Å². The molecule has 0 radical (unpaired) electrons. The van der Waals surface area contributed by atoms with E-state index in [0.29, 0.717) is 11.4 Å². The van der Waals surface area contributed by atoms with Crippen LogP contribution in [0.15, 0.2) is 35.1 Å². The molecule has 0 bridgehead atoms. The van der Waals surface area contributed by atoms with Gasteiger partial charge in [0, 0.05) is 23.4 Å². The van der Waals surface area contributed by atoms with Gasteiger partial charge in [0.05, 0.1) is 11.8 Å². The van der Waals surface area contributed by atoms with Crippen LogP contribution < -0.4 is 21.9 Å². The summed E-state index contributed by atoms with van der Waals surface area (Å²) in [6, 6.07) is 5.83. The molecule has 1 atom stereocenters. The van der Waals surface area contributed by atoms with Crippen molar-refractivity contribution in [1.29, 1.82) is 0 Å². The summed E-state index contributed by atoms with van der Waals surface area (Å²) in [5, 5.41) is 23.0. The molecule has 13 heteroatoms. The van der Waals surface area contributed by atoms with E-state index < -0.39 is 41.8 Å². The Morgan fingerprint density at radius 1 is 1.09 bits per heavy atom. The third-order valence-corrected chi connectivity index (χ3v) is 4.60. The van der Waals surface area contributed by atoms with Gasteiger partial charge in [0.15, 0.2) is 0 Å². The summed E-state index contributed by atoms with van der Waals surface area (Å²) >= 11 is 0. The fourth-order valence-corrected chi connectivity index (χ4v) is 3.04. The number of benzene rings is 1. The minimum absolute atomic E-state index is 0.0500. The van der Waals surface area contributed by atoms with Crippen molar-refractivity contribution in [3.05, 3.63) is 51.9 Å². The number of nitrogens with zero attached hydrogens (tertiary/aromatic N) is 1. The SMILES string of the molecule is Nc1nc2[nH]c(CC(=O)Nc3ccc(C(=O)N[C@@H](CCC(=O)O)C(=O)O)cc3)cc2c(=O)[nH]1. The van der Waals surface area contributed by atoms with Crippen LogP contribution in [0.3, 0.4) is 0 Å². The molecule has 2 amide bonds. The third kappa shape index (κ3) is 5.94. The topological polar surface area (TPSA) is 220 Å². The summed E-state index contributed by atoms with van der Waals surface area (Å²) in [4.78, 5) is 67.5. The van der Waals surface area contributed by atoms with Crippen molar-refractivity contribution in [2.45, 2.75) is 25.3 Å². The number of amides is 2. The molecule has 1 aromatic carbocycles. The molecule has 0 aliphatic rings. The molecule has 0 spiro atoms. The Balaban J connectivity index is 1.60. The van der Waals surface area contributed by atoms with Gasteiger partial charge in [-0.25, -0.2) is 4.79 Å². The second-order valence-electron chi connectivity index (χ2n) is 7.11. The molecule has 0 aliphatic heterocycles. The molecular formula is C20H20N6O7. The first-order valence-corrected chi connectivity index (χ1v) is 9.65. The summed E-state index contributed by atoms with van der Waals surface area (Å²) < 4.78 is 0. The van der Waals surface area contributed by atoms with Gasteiger partial charge in [0.2, 0.25) is 11.9 Å². The fourth-order valence-electron chi connectivity index (χ4n) is 3.04. The predicted molar refractivity (Wildman–Crippen MR) is 116 cm³/mol. The minimum Gasteiger partial charge on any atom is -0.481 e. The van der Waals surface area contributed by atoms with Crippen LogP contribution in [0, 0.1) is 0 Å². The Morgan fingerprint density at radius 3 is 2.42 bits per heavy atom. The van der Waals surface area contributed by atoms with Crippen molar-refractivity contribution in [3.63, 3.8) is 0 Å². The Kier molecular flexibility index (Phi) is 6.71. The smallest absolute Gasteiger partial charge is 0.326 e. The zero-order chi connectivity index (χ0) is 24.1. The van der Waals surface area contributed by atoms with Gasteiger partial charge < -0.3 is 31.6 Å². The molecule has 0 saturated carbocycles. The van der Waals surface area contributed by atoms with Gasteiger partial charge in [0.25, 0.3) is 11.5 Å². The number of carboxylic acid groups (broad SMARTS) is 2. The maximum Gasteiger partial charge on any atom is 0.326 e. The van der Waals surface area contributed by atoms with E-state index in [1.165, 1.54) is 30.3 Å². The lowest BCUT2D eigenvalue weighted by atomic mass is 10.1. The van der Waals surface area contributed by atoms with Crippen LogP contribution in [-0.2, 0) is 20.8 Å². The number of fused-ring (bicyclic) bond motifs is 1. The highest BCUT2D eigenvalue weighted by Gasteiger charge is 2.21. The lowest BCUT2D eigenvalue weighted by molar-refractivity contribution is -0.140. The number of rotatable bonds is 9. The number of aliphatic carboxylic acids is 2. The highest BCUT2D eigenvalue weighted by Crippen LogP contribution is 2.13. The number of carboxylic acids is 2. The van der Waals surface area contributed by atoms with E-state index in [0.717, 1.165) is 0 Å². The number of carbonyl (C=O) groups is 4. The van der Waals surface area contributed by atoms with Gasteiger partial charge >= 0.3 is 11.9 Å². The molecule has 3 aromatic rings. The van der Waals surface area contributed by atoms with Crippen LogP contribution in [0.25, 0.3) is 11.0 Å². The number of nitrogens with two attached hydrogens (primary N) is 1. The quantitative estimate of drug-likeness (QED) is 0.231. The van der Waals surface area contributed by atoms with Crippen molar-refractivity contribution in [1.82, 2.24) is 20.3 Å². The lowest BCUT2D eigenvalue weighted by Crippen LogP contribution is -2.41. The zero-order valence-electron chi connectivity index (χ0n) is 17.0. The number of nitrogen functional groups attached to an aromatic ring is 1. The normalized spacial score (nSPS) is 11.6. The van der Waals surface area contributed by atoms with Crippen molar-refractivity contribution in [3.8, 4) is 0 Å². The van der Waals surface area contributed by atoms with E-state index in [4.69, 9.17) is 15.9 Å². The molecular weight excluding hydrogens is 436 g/mol. The predicted octanol–water partition coefficient (Wildman–Crippen LogP) is 0.0624. The molecule has 8 N–H and O–H groups in total. The van der Waals surface area contributed by atoms with Crippen LogP contribution in [0.5, 0.6) is 0 Å². The first kappa shape index (κ1) is 23.0. The Morgan fingerprint density at radius 2 is 1.79 bits per heavy atom. The van der Waals surface area contributed by atoms with E-state index in [9.17, 15) is 24.0 Å². The summed E-state index contributed by atoms with van der Waals surface area (Å²) in [5.74, 6) is -3.66. The summed E-state index contributed by atoms with van der Waals surface area (Å²) in [6.45, 7) is 0. The standard InChI is InChI=1S/C20H20N6O7/c21-20-25-16-12(18(31)26-20)7-11(23-16)8-14(27)22-10-3-1-9(2-4-10)17(30)24-13(19(32)33)5-6-15(28)29/h1-4,7,13H,5-6,8H2,(H,22,27)(H,24,30)(H,28,29)(H,32,33)(H4,21,23,25,26,31)/t13-/m0/s1. The maximum atomic E-state index is 12.3. The van der Waals surface area contributed by atoms with Crippen molar-refractivity contribution in [2.24, 2.45) is 0 Å². The monoisotopic (exact) mass is 456 g/mol. The van der Waals surface area contributed by atoms with Gasteiger partial charge in [0.1, 0.15) is 11.7 Å². The Hall–Kier alpha value is -4.68. The number of nitrogens with one attached hydrogen (secondary N) is 4. The van der Waals surface area contributed by atoms with Gasteiger partial charge in [-0.1, -0.05) is 0 Å². The number of aromatic amines is 2. The second kappa shape index (κ2) is 9.64. The molecule has 2 heterocycles. The largest absolute Gasteiger partial charge is 0.481 e. The molecule has 33 heavy (non-hydrogen) atoms. The van der Waals surface area contributed by atoms with Gasteiger partial charge in [-0.15, -0.1) is 0 Å². The van der Waals surface area contributed by atoms with Crippen LogP contribution in [0.4, 0.5) is 11.6 Å². The molecule has 13 nitrogen and oxygen atoms in total. The summed E-state index contributed by atoms with van der Waals surface area (Å²) in [6.07, 6.45) is -0.746. The molecule has 2 aromatic heterocycles. The number of hydrogen-bond donors (Lipinski definition) is 7. The first-order chi connectivity index (χ1) is 15.6. The highest BCUT2D eigenvalue weighted by atomic mass is 16.4. The van der Waals surface area contributed by atoms with Gasteiger partial charge in [-0.05, 0) is 36.8 Å². The van der Waals surface area contributed by atoms with Crippen molar-refractivity contribution >= 4 is 46.4 Å². The van der Waals surface area contributed by atoms with E-state index >= 15 is 0 Å². The highest BCUT2D eigenvalue weighted by molar-refractivity contribution is 5.98. The molecule has 172 valence electrons. The molecule has 0 unspecified atom stereocenters. The van der Waals surface area contributed by atoms with Crippen molar-refractivity contribution in [2.75, 3.05) is 11.1 Å². The number of H-pyrrole nitrogens is 2. The van der Waals surface area contributed by atoms with Crippen molar-refractivity contribution < 1.29 is 29.4 Å².